The van der Waals surface area contributed by atoms with Crippen molar-refractivity contribution in [1.82, 2.24) is 14.4 Å². The Morgan fingerprint density at radius 1 is 1.03 bits per heavy atom. The molecule has 2 unspecified atom stereocenters. The Balaban J connectivity index is 0.000000344. The number of rotatable bonds is 4. The predicted molar refractivity (Wildman–Crippen MR) is 122 cm³/mol. The Morgan fingerprint density at radius 2 is 1.71 bits per heavy atom. The second-order valence-corrected chi connectivity index (χ2v) is 9.74. The minimum Gasteiger partial charge on any atom is -0.475 e. The average molecular weight is 492 g/mol. The molecular weight excluding hydrogens is 467 g/mol. The van der Waals surface area contributed by atoms with E-state index in [4.69, 9.17) is 9.90 Å². The van der Waals surface area contributed by atoms with Crippen LogP contribution < -0.4 is 0 Å². The number of alkyl halides is 3. The van der Waals surface area contributed by atoms with Crippen molar-refractivity contribution in [3.8, 4) is 0 Å². The zero-order valence-electron chi connectivity index (χ0n) is 18.4. The van der Waals surface area contributed by atoms with Crippen LogP contribution in [0.2, 0.25) is 0 Å². The van der Waals surface area contributed by atoms with Crippen molar-refractivity contribution >= 4 is 23.2 Å². The Labute approximate surface area is 198 Å². The van der Waals surface area contributed by atoms with Gasteiger partial charge in [0, 0.05) is 42.1 Å². The molecule has 2 aliphatic rings. The molecule has 2 aromatic heterocycles. The minimum absolute atomic E-state index is 0.152. The molecule has 0 bridgehead atoms. The van der Waals surface area contributed by atoms with Gasteiger partial charge in [0.2, 0.25) is 0 Å². The smallest absolute Gasteiger partial charge is 0.475 e. The molecule has 5 rings (SSSR count). The molecule has 1 saturated heterocycles. The number of aliphatic carboxylic acids is 1. The number of carbonyl (C=O) groups is 2. The van der Waals surface area contributed by atoms with Gasteiger partial charge in [-0.25, -0.2) is 4.79 Å². The molecular formula is C24H24F3N3O3S. The molecule has 1 fully saturated rings. The van der Waals surface area contributed by atoms with Crippen molar-refractivity contribution in [1.29, 1.82) is 0 Å². The molecule has 180 valence electrons. The minimum atomic E-state index is -5.08. The van der Waals surface area contributed by atoms with E-state index in [-0.39, 0.29) is 11.9 Å². The van der Waals surface area contributed by atoms with Gasteiger partial charge in [-0.1, -0.05) is 30.3 Å². The van der Waals surface area contributed by atoms with Gasteiger partial charge in [-0.2, -0.15) is 13.2 Å². The maximum atomic E-state index is 13.2. The molecule has 0 radical (unpaired) electrons. The standard InChI is InChI=1S/C22H23N3OS.C2HF3O2/c1-16-9-10-18(27-16)13-23-14-20-21(15-23)25(12-17-6-3-2-4-7-17)22(26)19-8-5-11-24(19)20;3-2(4,5)1(6)7/h2-11,20-21H,12-15H2,1H3;(H,6,7). The van der Waals surface area contributed by atoms with E-state index in [0.29, 0.717) is 12.6 Å². The van der Waals surface area contributed by atoms with Gasteiger partial charge in [0.05, 0.1) is 12.1 Å². The molecule has 3 aromatic rings. The first-order chi connectivity index (χ1) is 16.1. The highest BCUT2D eigenvalue weighted by atomic mass is 32.1. The number of halogens is 3. The molecule has 1 amide bonds. The molecule has 10 heteroatoms. The fourth-order valence-electron chi connectivity index (χ4n) is 4.48. The van der Waals surface area contributed by atoms with Crippen LogP contribution in [0.1, 0.15) is 31.8 Å². The number of carboxylic acids is 1. The van der Waals surface area contributed by atoms with E-state index in [0.717, 1.165) is 25.3 Å². The molecule has 2 aliphatic heterocycles. The monoisotopic (exact) mass is 491 g/mol. The number of thiophene rings is 1. The summed E-state index contributed by atoms with van der Waals surface area (Å²) in [5.41, 5.74) is 2.01. The topological polar surface area (TPSA) is 65.8 Å². The van der Waals surface area contributed by atoms with Gasteiger partial charge in [0.1, 0.15) is 5.69 Å². The van der Waals surface area contributed by atoms with Crippen LogP contribution in [-0.2, 0) is 17.9 Å². The zero-order valence-corrected chi connectivity index (χ0v) is 19.2. The molecule has 1 aromatic carbocycles. The Kier molecular flexibility index (Phi) is 6.81. The average Bonchev–Trinajstić information content (AvgIpc) is 3.51. The number of fused-ring (bicyclic) bond motifs is 3. The number of likely N-dealkylation sites (tertiary alicyclic amines) is 1. The van der Waals surface area contributed by atoms with Crippen LogP contribution in [0.15, 0.2) is 60.8 Å². The largest absolute Gasteiger partial charge is 0.490 e. The van der Waals surface area contributed by atoms with E-state index >= 15 is 0 Å². The quantitative estimate of drug-likeness (QED) is 0.581. The Morgan fingerprint density at radius 3 is 2.32 bits per heavy atom. The van der Waals surface area contributed by atoms with Gasteiger partial charge >= 0.3 is 12.1 Å². The van der Waals surface area contributed by atoms with E-state index in [2.05, 4.69) is 51.8 Å². The number of hydrogen-bond acceptors (Lipinski definition) is 4. The van der Waals surface area contributed by atoms with E-state index in [1.54, 1.807) is 0 Å². The summed E-state index contributed by atoms with van der Waals surface area (Å²) in [7, 11) is 0. The third kappa shape index (κ3) is 5.18. The number of carbonyl (C=O) groups excluding carboxylic acids is 1. The van der Waals surface area contributed by atoms with Crippen LogP contribution in [0.3, 0.4) is 0 Å². The molecule has 0 spiro atoms. The fourth-order valence-corrected chi connectivity index (χ4v) is 5.41. The third-order valence-electron chi connectivity index (χ3n) is 5.96. The summed E-state index contributed by atoms with van der Waals surface area (Å²) in [5, 5.41) is 7.12. The number of hydrogen-bond donors (Lipinski definition) is 1. The van der Waals surface area contributed by atoms with Gasteiger partial charge in [-0.3, -0.25) is 9.69 Å². The molecule has 4 heterocycles. The van der Waals surface area contributed by atoms with Crippen LogP contribution in [0.5, 0.6) is 0 Å². The van der Waals surface area contributed by atoms with Gasteiger partial charge in [-0.15, -0.1) is 11.3 Å². The van der Waals surface area contributed by atoms with E-state index in [1.165, 1.54) is 15.3 Å². The van der Waals surface area contributed by atoms with Crippen LogP contribution in [0.25, 0.3) is 0 Å². The highest BCUT2D eigenvalue weighted by Crippen LogP contribution is 2.35. The second kappa shape index (κ2) is 9.63. The Hall–Kier alpha value is -3.11. The highest BCUT2D eigenvalue weighted by Gasteiger charge is 2.44. The van der Waals surface area contributed by atoms with Crippen LogP contribution in [0.4, 0.5) is 13.2 Å². The van der Waals surface area contributed by atoms with Crippen molar-refractivity contribution in [3.05, 3.63) is 81.8 Å². The second-order valence-electron chi connectivity index (χ2n) is 8.36. The van der Waals surface area contributed by atoms with Gasteiger partial charge in [0.15, 0.2) is 0 Å². The summed E-state index contributed by atoms with van der Waals surface area (Å²) in [6, 6.07) is 19.3. The lowest BCUT2D eigenvalue weighted by atomic mass is 10.0. The summed E-state index contributed by atoms with van der Waals surface area (Å²) >= 11 is 1.87. The number of aromatic nitrogens is 1. The summed E-state index contributed by atoms with van der Waals surface area (Å²) < 4.78 is 33.9. The lowest BCUT2D eigenvalue weighted by molar-refractivity contribution is -0.192. The number of carboxylic acid groups (broad SMARTS) is 1. The van der Waals surface area contributed by atoms with Gasteiger partial charge in [-0.05, 0) is 36.8 Å². The zero-order chi connectivity index (χ0) is 24.5. The van der Waals surface area contributed by atoms with Crippen LogP contribution >= 0.6 is 11.3 Å². The summed E-state index contributed by atoms with van der Waals surface area (Å²) in [4.78, 5) is 29.4. The molecule has 0 saturated carbocycles. The first-order valence-electron chi connectivity index (χ1n) is 10.7. The number of amides is 1. The van der Waals surface area contributed by atoms with E-state index in [9.17, 15) is 18.0 Å². The lowest BCUT2D eigenvalue weighted by Gasteiger charge is -2.38. The van der Waals surface area contributed by atoms with Crippen molar-refractivity contribution in [2.45, 2.75) is 38.3 Å². The first kappa shape index (κ1) is 24.0. The maximum absolute atomic E-state index is 13.2. The van der Waals surface area contributed by atoms with E-state index in [1.807, 2.05) is 41.7 Å². The van der Waals surface area contributed by atoms with E-state index < -0.39 is 12.1 Å². The molecule has 1 N–H and O–H groups in total. The van der Waals surface area contributed by atoms with Gasteiger partial charge in [0.25, 0.3) is 5.91 Å². The van der Waals surface area contributed by atoms with Crippen molar-refractivity contribution in [3.63, 3.8) is 0 Å². The first-order valence-corrected chi connectivity index (χ1v) is 11.5. The number of aryl methyl sites for hydroxylation is 1. The Bertz CT molecular complexity index is 1160. The number of nitrogens with zero attached hydrogens (tertiary/aromatic N) is 3. The van der Waals surface area contributed by atoms with Gasteiger partial charge < -0.3 is 14.6 Å². The summed E-state index contributed by atoms with van der Waals surface area (Å²) in [6.45, 7) is 5.72. The molecule has 6 nitrogen and oxygen atoms in total. The summed E-state index contributed by atoms with van der Waals surface area (Å²) in [5.74, 6) is -2.61. The van der Waals surface area contributed by atoms with Crippen LogP contribution in [-0.4, -0.2) is 56.7 Å². The maximum Gasteiger partial charge on any atom is 0.490 e. The predicted octanol–water partition coefficient (Wildman–Crippen LogP) is 4.57. The SMILES string of the molecule is Cc1ccc(CN2CC3C(C2)n2cccc2C(=O)N3Cc2ccccc2)s1.O=C(O)C(F)(F)F. The van der Waals surface area contributed by atoms with Crippen molar-refractivity contribution < 1.29 is 27.9 Å². The molecule has 0 aliphatic carbocycles. The fraction of sp³-hybridized carbons (Fsp3) is 0.333. The molecule has 2 atom stereocenters. The summed E-state index contributed by atoms with van der Waals surface area (Å²) in [6.07, 6.45) is -3.01. The van der Waals surface area contributed by atoms with Crippen molar-refractivity contribution in [2.24, 2.45) is 0 Å². The lowest BCUT2D eigenvalue weighted by Crippen LogP contribution is -2.49. The third-order valence-corrected chi connectivity index (χ3v) is 6.95. The molecule has 34 heavy (non-hydrogen) atoms. The van der Waals surface area contributed by atoms with Crippen molar-refractivity contribution in [2.75, 3.05) is 13.1 Å². The van der Waals surface area contributed by atoms with Crippen LogP contribution in [0, 0.1) is 6.92 Å². The number of benzene rings is 1. The normalized spacial score (nSPS) is 19.9. The highest BCUT2D eigenvalue weighted by molar-refractivity contribution is 7.11.